The molecule has 1 atom stereocenters. The van der Waals surface area contributed by atoms with Gasteiger partial charge < -0.3 is 16.2 Å². The van der Waals surface area contributed by atoms with Crippen molar-refractivity contribution in [2.75, 3.05) is 0 Å². The number of amides is 2. The molecule has 2 amide bonds. The fourth-order valence-corrected chi connectivity index (χ4v) is 1.67. The highest BCUT2D eigenvalue weighted by Crippen LogP contribution is 2.15. The van der Waals surface area contributed by atoms with Crippen LogP contribution in [0.2, 0.25) is 0 Å². The summed E-state index contributed by atoms with van der Waals surface area (Å²) in [6, 6.07) is 2.16. The van der Waals surface area contributed by atoms with E-state index in [2.05, 4.69) is 15.9 Å². The van der Waals surface area contributed by atoms with Gasteiger partial charge in [0.05, 0.1) is 12.0 Å². The summed E-state index contributed by atoms with van der Waals surface area (Å²) >= 11 is 3.06. The van der Waals surface area contributed by atoms with Crippen molar-refractivity contribution in [2.45, 2.75) is 12.5 Å². The van der Waals surface area contributed by atoms with Gasteiger partial charge in [-0.25, -0.2) is 9.18 Å². The van der Waals surface area contributed by atoms with Crippen molar-refractivity contribution >= 4 is 33.7 Å². The highest BCUT2D eigenvalue weighted by atomic mass is 79.9. The van der Waals surface area contributed by atoms with E-state index in [1.54, 1.807) is 0 Å². The van der Waals surface area contributed by atoms with E-state index in [4.69, 9.17) is 10.8 Å². The second kappa shape index (κ2) is 6.28. The van der Waals surface area contributed by atoms with E-state index in [0.717, 1.165) is 6.07 Å². The molecule has 0 bridgehead atoms. The Bertz CT molecular complexity index is 535. The van der Waals surface area contributed by atoms with E-state index in [1.165, 1.54) is 12.1 Å². The van der Waals surface area contributed by atoms with Gasteiger partial charge in [-0.3, -0.25) is 9.59 Å². The first kappa shape index (κ1) is 15.1. The normalized spacial score (nSPS) is 11.7. The molecular weight excluding hydrogens is 323 g/mol. The van der Waals surface area contributed by atoms with Crippen LogP contribution in [0.15, 0.2) is 22.7 Å². The molecule has 4 N–H and O–H groups in total. The third kappa shape index (κ3) is 4.32. The van der Waals surface area contributed by atoms with Crippen LogP contribution >= 0.6 is 15.9 Å². The van der Waals surface area contributed by atoms with Crippen molar-refractivity contribution in [2.24, 2.45) is 5.73 Å². The predicted molar refractivity (Wildman–Crippen MR) is 66.8 cm³/mol. The Morgan fingerprint density at radius 3 is 2.58 bits per heavy atom. The zero-order valence-corrected chi connectivity index (χ0v) is 11.1. The number of rotatable bonds is 5. The first-order valence-corrected chi connectivity index (χ1v) is 5.87. The molecule has 0 aliphatic carbocycles. The summed E-state index contributed by atoms with van der Waals surface area (Å²) in [6.07, 6.45) is -0.573. The van der Waals surface area contributed by atoms with Gasteiger partial charge in [0.1, 0.15) is 11.9 Å². The molecular formula is C11H10BrFN2O4. The Morgan fingerprint density at radius 2 is 2.05 bits per heavy atom. The van der Waals surface area contributed by atoms with E-state index < -0.39 is 36.1 Å². The van der Waals surface area contributed by atoms with E-state index in [0.29, 0.717) is 4.47 Å². The molecule has 0 aliphatic rings. The van der Waals surface area contributed by atoms with Crippen LogP contribution in [0.5, 0.6) is 0 Å². The van der Waals surface area contributed by atoms with Crippen LogP contribution in [0.1, 0.15) is 16.8 Å². The van der Waals surface area contributed by atoms with Crippen molar-refractivity contribution in [1.29, 1.82) is 0 Å². The van der Waals surface area contributed by atoms with Gasteiger partial charge in [0.15, 0.2) is 0 Å². The van der Waals surface area contributed by atoms with Gasteiger partial charge in [0, 0.05) is 4.47 Å². The largest absolute Gasteiger partial charge is 0.480 e. The lowest BCUT2D eigenvalue weighted by atomic mass is 10.1. The van der Waals surface area contributed by atoms with Gasteiger partial charge >= 0.3 is 5.97 Å². The van der Waals surface area contributed by atoms with Crippen LogP contribution < -0.4 is 11.1 Å². The Morgan fingerprint density at radius 1 is 1.42 bits per heavy atom. The molecule has 0 aliphatic heterocycles. The number of hydrogen-bond donors (Lipinski definition) is 3. The number of halogens is 2. The molecule has 0 saturated carbocycles. The van der Waals surface area contributed by atoms with Gasteiger partial charge in [0.2, 0.25) is 5.91 Å². The molecule has 0 fully saturated rings. The number of primary amides is 1. The molecule has 0 aromatic heterocycles. The number of nitrogens with two attached hydrogens (primary N) is 1. The van der Waals surface area contributed by atoms with Crippen molar-refractivity contribution in [3.05, 3.63) is 34.1 Å². The Balaban J connectivity index is 2.90. The third-order valence-electron chi connectivity index (χ3n) is 2.18. The first-order chi connectivity index (χ1) is 8.81. The van der Waals surface area contributed by atoms with Crippen LogP contribution in [-0.2, 0) is 9.59 Å². The number of aliphatic carboxylic acids is 1. The zero-order chi connectivity index (χ0) is 14.6. The molecule has 0 unspecified atom stereocenters. The summed E-state index contributed by atoms with van der Waals surface area (Å²) in [4.78, 5) is 33.2. The minimum atomic E-state index is -1.50. The summed E-state index contributed by atoms with van der Waals surface area (Å²) < 4.78 is 13.9. The number of nitrogens with one attached hydrogen (secondary N) is 1. The highest BCUT2D eigenvalue weighted by Gasteiger charge is 2.24. The summed E-state index contributed by atoms with van der Waals surface area (Å²) in [5.41, 5.74) is 4.54. The summed E-state index contributed by atoms with van der Waals surface area (Å²) in [7, 11) is 0. The smallest absolute Gasteiger partial charge is 0.326 e. The van der Waals surface area contributed by atoms with Crippen molar-refractivity contribution < 1.29 is 23.9 Å². The van der Waals surface area contributed by atoms with Gasteiger partial charge in [-0.05, 0) is 18.2 Å². The number of benzene rings is 1. The minimum Gasteiger partial charge on any atom is -0.480 e. The van der Waals surface area contributed by atoms with Crippen LogP contribution in [-0.4, -0.2) is 28.9 Å². The zero-order valence-electron chi connectivity index (χ0n) is 9.52. The fraction of sp³-hybridized carbons (Fsp3) is 0.182. The molecule has 8 heteroatoms. The molecule has 102 valence electrons. The number of carbonyl (C=O) groups excluding carboxylic acids is 2. The summed E-state index contributed by atoms with van der Waals surface area (Å²) in [5, 5.41) is 10.8. The van der Waals surface area contributed by atoms with Crippen LogP contribution in [0.3, 0.4) is 0 Å². The number of carbonyl (C=O) groups is 3. The van der Waals surface area contributed by atoms with Crippen LogP contribution in [0.4, 0.5) is 4.39 Å². The molecule has 1 aromatic rings. The molecule has 1 aromatic carbocycles. The lowest BCUT2D eigenvalue weighted by Gasteiger charge is -2.13. The molecule has 0 spiro atoms. The summed E-state index contributed by atoms with van der Waals surface area (Å²) in [5.74, 6) is -4.05. The van der Waals surface area contributed by atoms with E-state index in [1.807, 2.05) is 5.32 Å². The van der Waals surface area contributed by atoms with Gasteiger partial charge in [-0.1, -0.05) is 15.9 Å². The van der Waals surface area contributed by atoms with Crippen molar-refractivity contribution in [3.8, 4) is 0 Å². The van der Waals surface area contributed by atoms with Crippen molar-refractivity contribution in [1.82, 2.24) is 5.32 Å². The standard InChI is InChI=1S/C11H10BrFN2O4/c12-5-1-2-7(13)6(3-5)10(17)15-8(11(18)19)4-9(14)16/h1-3,8H,4H2,(H2,14,16)(H,15,17)(H,18,19)/t8-/m1/s1. The maximum absolute atomic E-state index is 13.4. The Kier molecular flexibility index (Phi) is 4.99. The van der Waals surface area contributed by atoms with Gasteiger partial charge in [-0.2, -0.15) is 0 Å². The molecule has 0 saturated heterocycles. The second-order valence-electron chi connectivity index (χ2n) is 3.66. The average molecular weight is 333 g/mol. The molecule has 0 radical (unpaired) electrons. The number of carboxylic acids is 1. The fourth-order valence-electron chi connectivity index (χ4n) is 1.31. The number of hydrogen-bond acceptors (Lipinski definition) is 3. The maximum Gasteiger partial charge on any atom is 0.326 e. The van der Waals surface area contributed by atoms with Crippen molar-refractivity contribution in [3.63, 3.8) is 0 Å². The van der Waals surface area contributed by atoms with Crippen LogP contribution in [0.25, 0.3) is 0 Å². The monoisotopic (exact) mass is 332 g/mol. The summed E-state index contributed by atoms with van der Waals surface area (Å²) in [6.45, 7) is 0. The van der Waals surface area contributed by atoms with Gasteiger partial charge in [0.25, 0.3) is 5.91 Å². The van der Waals surface area contributed by atoms with E-state index >= 15 is 0 Å². The highest BCUT2D eigenvalue weighted by molar-refractivity contribution is 9.10. The quantitative estimate of drug-likeness (QED) is 0.735. The predicted octanol–water partition coefficient (Wildman–Crippen LogP) is 0.647. The SMILES string of the molecule is NC(=O)C[C@@H](NC(=O)c1cc(Br)ccc1F)C(=O)O. The molecule has 19 heavy (non-hydrogen) atoms. The molecule has 1 rings (SSSR count). The average Bonchev–Trinajstić information content (AvgIpc) is 2.30. The minimum absolute atomic E-state index is 0.329. The number of carboxylic acid groups (broad SMARTS) is 1. The van der Waals surface area contributed by atoms with E-state index in [-0.39, 0.29) is 5.56 Å². The van der Waals surface area contributed by atoms with E-state index in [9.17, 15) is 18.8 Å². The Labute approximate surface area is 115 Å². The maximum atomic E-state index is 13.4. The molecule has 0 heterocycles. The topological polar surface area (TPSA) is 109 Å². The van der Waals surface area contributed by atoms with Gasteiger partial charge in [-0.15, -0.1) is 0 Å². The first-order valence-electron chi connectivity index (χ1n) is 5.08. The Hall–Kier alpha value is -1.96. The van der Waals surface area contributed by atoms with Crippen LogP contribution in [0, 0.1) is 5.82 Å². The lowest BCUT2D eigenvalue weighted by Crippen LogP contribution is -2.43. The molecule has 6 nitrogen and oxygen atoms in total. The second-order valence-corrected chi connectivity index (χ2v) is 4.57. The third-order valence-corrected chi connectivity index (χ3v) is 2.68. The lowest BCUT2D eigenvalue weighted by molar-refractivity contribution is -0.140.